The van der Waals surface area contributed by atoms with Crippen molar-refractivity contribution in [2.75, 3.05) is 13.1 Å². The molecule has 1 aromatic heterocycles. The maximum absolute atomic E-state index is 14.2. The number of benzene rings is 1. The van der Waals surface area contributed by atoms with Crippen LogP contribution in [-0.4, -0.2) is 23.9 Å². The number of nitrogens with zero attached hydrogens (tertiary/aromatic N) is 1. The number of ketones is 1. The second kappa shape index (κ2) is 6.45. The number of halogens is 2. The summed E-state index contributed by atoms with van der Waals surface area (Å²) in [6.07, 6.45) is 3.02. The van der Waals surface area contributed by atoms with Gasteiger partial charge in [0.15, 0.2) is 23.5 Å². The molecule has 0 unspecified atom stereocenters. The van der Waals surface area contributed by atoms with Crippen molar-refractivity contribution in [3.05, 3.63) is 47.7 Å². The number of hydrogen-bond donors (Lipinski definition) is 1. The third kappa shape index (κ3) is 3.24. The summed E-state index contributed by atoms with van der Waals surface area (Å²) < 4.78 is 38.6. The highest BCUT2D eigenvalue weighted by atomic mass is 19.1. The van der Waals surface area contributed by atoms with Crippen molar-refractivity contribution < 1.29 is 22.7 Å². The van der Waals surface area contributed by atoms with Crippen LogP contribution >= 0.6 is 0 Å². The Morgan fingerprint density at radius 3 is 2.91 bits per heavy atom. The van der Waals surface area contributed by atoms with Gasteiger partial charge in [-0.3, -0.25) is 4.79 Å². The first-order valence-electron chi connectivity index (χ1n) is 7.33. The number of rotatable bonds is 5. The standard InChI is InChI=1S/C16H16F2N2O3/c1-9(21)12-6-11(17)7-13(18)15(12)23-14(10-2-3-19-8-10)16-20-4-5-22-16/h4-7,10,14,19H,2-3,8H2,1H3/t10-,14+/m0/s1. The van der Waals surface area contributed by atoms with Crippen LogP contribution in [0.4, 0.5) is 8.78 Å². The van der Waals surface area contributed by atoms with E-state index in [0.29, 0.717) is 18.5 Å². The number of Topliss-reactive ketones (excluding diaryl/α,β-unsaturated/α-hetero) is 1. The van der Waals surface area contributed by atoms with E-state index in [-0.39, 0.29) is 17.2 Å². The van der Waals surface area contributed by atoms with Crippen molar-refractivity contribution in [1.29, 1.82) is 0 Å². The maximum atomic E-state index is 14.2. The van der Waals surface area contributed by atoms with Crippen molar-refractivity contribution in [1.82, 2.24) is 10.3 Å². The van der Waals surface area contributed by atoms with Gasteiger partial charge in [-0.2, -0.15) is 0 Å². The molecule has 0 aliphatic carbocycles. The summed E-state index contributed by atoms with van der Waals surface area (Å²) in [5.41, 5.74) is -0.134. The smallest absolute Gasteiger partial charge is 0.235 e. The number of carbonyl (C=O) groups is 1. The second-order valence-electron chi connectivity index (χ2n) is 5.48. The summed E-state index contributed by atoms with van der Waals surface area (Å²) in [7, 11) is 0. The highest BCUT2D eigenvalue weighted by Crippen LogP contribution is 2.35. The van der Waals surface area contributed by atoms with E-state index in [4.69, 9.17) is 9.15 Å². The molecule has 0 amide bonds. The molecule has 0 saturated carbocycles. The van der Waals surface area contributed by atoms with Crippen LogP contribution in [0.15, 0.2) is 29.0 Å². The van der Waals surface area contributed by atoms with Gasteiger partial charge in [-0.25, -0.2) is 13.8 Å². The fraction of sp³-hybridized carbons (Fsp3) is 0.375. The van der Waals surface area contributed by atoms with Crippen LogP contribution in [0.25, 0.3) is 0 Å². The van der Waals surface area contributed by atoms with E-state index in [1.165, 1.54) is 19.4 Å². The molecule has 5 nitrogen and oxygen atoms in total. The number of oxazole rings is 1. The first-order valence-corrected chi connectivity index (χ1v) is 7.33. The Balaban J connectivity index is 1.98. The van der Waals surface area contributed by atoms with Crippen molar-refractivity contribution in [3.8, 4) is 5.75 Å². The zero-order chi connectivity index (χ0) is 16.4. The fourth-order valence-corrected chi connectivity index (χ4v) is 2.73. The second-order valence-corrected chi connectivity index (χ2v) is 5.48. The van der Waals surface area contributed by atoms with Gasteiger partial charge in [-0.1, -0.05) is 0 Å². The molecule has 0 spiro atoms. The Morgan fingerprint density at radius 1 is 1.48 bits per heavy atom. The normalized spacial score (nSPS) is 18.8. The fourth-order valence-electron chi connectivity index (χ4n) is 2.73. The minimum Gasteiger partial charge on any atom is -0.476 e. The lowest BCUT2D eigenvalue weighted by Crippen LogP contribution is -2.23. The highest BCUT2D eigenvalue weighted by Gasteiger charge is 2.33. The average Bonchev–Trinajstić information content (AvgIpc) is 3.19. The van der Waals surface area contributed by atoms with Gasteiger partial charge >= 0.3 is 0 Å². The maximum Gasteiger partial charge on any atom is 0.235 e. The summed E-state index contributed by atoms with van der Waals surface area (Å²) in [6.45, 7) is 2.69. The van der Waals surface area contributed by atoms with E-state index in [1.54, 1.807) is 0 Å². The van der Waals surface area contributed by atoms with Crippen LogP contribution < -0.4 is 10.1 Å². The largest absolute Gasteiger partial charge is 0.476 e. The van der Waals surface area contributed by atoms with Gasteiger partial charge in [0.05, 0.1) is 11.8 Å². The van der Waals surface area contributed by atoms with E-state index in [1.807, 2.05) is 0 Å². The van der Waals surface area contributed by atoms with Crippen LogP contribution in [0.1, 0.15) is 35.7 Å². The Labute approximate surface area is 131 Å². The molecule has 0 radical (unpaired) electrons. The molecule has 1 aliphatic heterocycles. The SMILES string of the molecule is CC(=O)c1cc(F)cc(F)c1O[C@@H](c1ncco1)[C@H]1CCNC1. The number of nitrogens with one attached hydrogen (secondary N) is 1. The van der Waals surface area contributed by atoms with Gasteiger partial charge in [0.25, 0.3) is 0 Å². The van der Waals surface area contributed by atoms with E-state index in [0.717, 1.165) is 19.0 Å². The molecule has 1 aliphatic rings. The summed E-state index contributed by atoms with van der Waals surface area (Å²) >= 11 is 0. The third-order valence-corrected chi connectivity index (χ3v) is 3.85. The molecule has 23 heavy (non-hydrogen) atoms. The van der Waals surface area contributed by atoms with Crippen LogP contribution in [0, 0.1) is 17.6 Å². The Kier molecular flexibility index (Phi) is 4.38. The van der Waals surface area contributed by atoms with E-state index < -0.39 is 23.5 Å². The molecule has 2 heterocycles. The number of carbonyl (C=O) groups excluding carboxylic acids is 1. The highest BCUT2D eigenvalue weighted by molar-refractivity contribution is 5.96. The van der Waals surface area contributed by atoms with Gasteiger partial charge in [-0.05, 0) is 26.0 Å². The topological polar surface area (TPSA) is 64.4 Å². The molecule has 1 saturated heterocycles. The quantitative estimate of drug-likeness (QED) is 0.858. The molecule has 1 aromatic carbocycles. The third-order valence-electron chi connectivity index (χ3n) is 3.85. The van der Waals surface area contributed by atoms with Crippen molar-refractivity contribution in [3.63, 3.8) is 0 Å². The summed E-state index contributed by atoms with van der Waals surface area (Å²) in [4.78, 5) is 15.8. The van der Waals surface area contributed by atoms with Gasteiger partial charge < -0.3 is 14.5 Å². The van der Waals surface area contributed by atoms with Gasteiger partial charge in [-0.15, -0.1) is 0 Å². The molecule has 2 atom stereocenters. The number of hydrogen-bond acceptors (Lipinski definition) is 5. The number of aromatic nitrogens is 1. The summed E-state index contributed by atoms with van der Waals surface area (Å²) in [6, 6.07) is 1.67. The van der Waals surface area contributed by atoms with Crippen LogP contribution in [-0.2, 0) is 0 Å². The molecule has 0 bridgehead atoms. The predicted octanol–water partition coefficient (Wildman–Crippen LogP) is 2.89. The lowest BCUT2D eigenvalue weighted by Gasteiger charge is -2.23. The lowest BCUT2D eigenvalue weighted by molar-refractivity contribution is 0.0956. The lowest BCUT2D eigenvalue weighted by atomic mass is 10.0. The molecular formula is C16H16F2N2O3. The van der Waals surface area contributed by atoms with E-state index in [2.05, 4.69) is 10.3 Å². The first-order chi connectivity index (χ1) is 11.1. The van der Waals surface area contributed by atoms with Crippen LogP contribution in [0.3, 0.4) is 0 Å². The van der Waals surface area contributed by atoms with E-state index in [9.17, 15) is 13.6 Å². The molecule has 2 aromatic rings. The molecular weight excluding hydrogens is 306 g/mol. The molecule has 1 N–H and O–H groups in total. The van der Waals surface area contributed by atoms with Gasteiger partial charge in [0.1, 0.15) is 12.1 Å². The Hall–Kier alpha value is -2.28. The Morgan fingerprint density at radius 2 is 2.30 bits per heavy atom. The van der Waals surface area contributed by atoms with Gasteiger partial charge in [0.2, 0.25) is 5.89 Å². The predicted molar refractivity (Wildman–Crippen MR) is 77.2 cm³/mol. The van der Waals surface area contributed by atoms with Crippen LogP contribution in [0.5, 0.6) is 5.75 Å². The monoisotopic (exact) mass is 322 g/mol. The average molecular weight is 322 g/mol. The van der Waals surface area contributed by atoms with Crippen molar-refractivity contribution in [2.24, 2.45) is 5.92 Å². The summed E-state index contributed by atoms with van der Waals surface area (Å²) in [5.74, 6) is -2.18. The molecule has 1 fully saturated rings. The first kappa shape index (κ1) is 15.6. The van der Waals surface area contributed by atoms with Gasteiger partial charge in [0, 0.05) is 18.5 Å². The minimum absolute atomic E-state index is 0.0120. The minimum atomic E-state index is -0.919. The molecule has 7 heteroatoms. The van der Waals surface area contributed by atoms with Crippen molar-refractivity contribution >= 4 is 5.78 Å². The summed E-state index contributed by atoms with van der Waals surface area (Å²) in [5, 5.41) is 3.19. The van der Waals surface area contributed by atoms with E-state index >= 15 is 0 Å². The Bertz CT molecular complexity index is 698. The molecule has 122 valence electrons. The number of ether oxygens (including phenoxy) is 1. The van der Waals surface area contributed by atoms with Crippen molar-refractivity contribution in [2.45, 2.75) is 19.4 Å². The van der Waals surface area contributed by atoms with Crippen LogP contribution in [0.2, 0.25) is 0 Å². The zero-order valence-electron chi connectivity index (χ0n) is 12.5. The zero-order valence-corrected chi connectivity index (χ0v) is 12.5. The molecule has 3 rings (SSSR count).